The molecule has 0 unspecified atom stereocenters. The number of nitrogens with zero attached hydrogens (tertiary/aromatic N) is 2. The Balaban J connectivity index is 1.66. The second-order valence-electron chi connectivity index (χ2n) is 6.29. The molecule has 0 spiro atoms. The summed E-state index contributed by atoms with van der Waals surface area (Å²) in [4.78, 5) is 28.8. The number of carbonyl (C=O) groups is 2. The smallest absolute Gasteiger partial charge is 0.256 e. The fourth-order valence-corrected chi connectivity index (χ4v) is 3.71. The van der Waals surface area contributed by atoms with E-state index in [1.54, 1.807) is 12.1 Å². The minimum Gasteiger partial charge on any atom is -0.359 e. The predicted octanol–water partition coefficient (Wildman–Crippen LogP) is 3.34. The van der Waals surface area contributed by atoms with Gasteiger partial charge >= 0.3 is 0 Å². The maximum Gasteiger partial charge on any atom is 0.256 e. The minimum atomic E-state index is -0.429. The average Bonchev–Trinajstić information content (AvgIpc) is 3.11. The van der Waals surface area contributed by atoms with Crippen molar-refractivity contribution in [2.24, 2.45) is 0 Å². The molecule has 2 amide bonds. The van der Waals surface area contributed by atoms with E-state index >= 15 is 0 Å². The molecular formula is C19H17ClN2O2. The van der Waals surface area contributed by atoms with E-state index in [-0.39, 0.29) is 18.2 Å². The van der Waals surface area contributed by atoms with Gasteiger partial charge in [-0.15, -0.1) is 0 Å². The molecule has 0 aromatic heterocycles. The second kappa shape index (κ2) is 5.64. The number of rotatable bonds is 2. The highest BCUT2D eigenvalue weighted by Gasteiger charge is 2.44. The third kappa shape index (κ3) is 2.29. The number of hydrogen-bond acceptors (Lipinski definition) is 3. The lowest BCUT2D eigenvalue weighted by Crippen LogP contribution is -2.41. The first-order chi connectivity index (χ1) is 11.6. The molecule has 2 aromatic rings. The standard InChI is InChI=1S/C19H17ClN2O2/c1-12-6-7-14(10-15(12)20)22-18(23)11-17(19(22)24)21-9-8-13-4-2-3-5-16(13)21/h2-7,10,17H,8-9,11H2,1H3/t17-/m0/s1. The summed E-state index contributed by atoms with van der Waals surface area (Å²) in [5.74, 6) is -0.342. The maximum absolute atomic E-state index is 12.9. The Labute approximate surface area is 145 Å². The number of para-hydroxylation sites is 1. The molecule has 5 heteroatoms. The van der Waals surface area contributed by atoms with Crippen LogP contribution in [-0.4, -0.2) is 24.4 Å². The third-order valence-corrected chi connectivity index (χ3v) is 5.24. The fraction of sp³-hybridized carbons (Fsp3) is 0.263. The number of fused-ring (bicyclic) bond motifs is 1. The molecule has 1 fully saturated rings. The third-order valence-electron chi connectivity index (χ3n) is 4.84. The summed E-state index contributed by atoms with van der Waals surface area (Å²) >= 11 is 6.16. The molecule has 4 nitrogen and oxygen atoms in total. The molecule has 1 atom stereocenters. The molecule has 0 radical (unpaired) electrons. The Bertz CT molecular complexity index is 849. The molecule has 24 heavy (non-hydrogen) atoms. The van der Waals surface area contributed by atoms with Crippen molar-refractivity contribution >= 4 is 34.8 Å². The SMILES string of the molecule is Cc1ccc(N2C(=O)C[C@H](N3CCc4ccccc43)C2=O)cc1Cl. The molecule has 2 aliphatic rings. The van der Waals surface area contributed by atoms with Gasteiger partial charge in [0.2, 0.25) is 5.91 Å². The van der Waals surface area contributed by atoms with Crippen molar-refractivity contribution < 1.29 is 9.59 Å². The zero-order valence-corrected chi connectivity index (χ0v) is 14.1. The Kier molecular flexibility index (Phi) is 3.57. The van der Waals surface area contributed by atoms with Crippen molar-refractivity contribution in [1.29, 1.82) is 0 Å². The predicted molar refractivity (Wildman–Crippen MR) is 94.6 cm³/mol. The number of aryl methyl sites for hydroxylation is 1. The number of imide groups is 1. The number of amides is 2. The topological polar surface area (TPSA) is 40.6 Å². The lowest BCUT2D eigenvalue weighted by atomic mass is 10.1. The highest BCUT2D eigenvalue weighted by atomic mass is 35.5. The molecule has 0 saturated carbocycles. The Morgan fingerprint density at radius 3 is 2.71 bits per heavy atom. The van der Waals surface area contributed by atoms with Crippen LogP contribution >= 0.6 is 11.6 Å². The summed E-state index contributed by atoms with van der Waals surface area (Å²) < 4.78 is 0. The highest BCUT2D eigenvalue weighted by molar-refractivity contribution is 6.32. The molecule has 0 bridgehead atoms. The van der Waals surface area contributed by atoms with Crippen LogP contribution in [0.5, 0.6) is 0 Å². The fourth-order valence-electron chi connectivity index (χ4n) is 3.54. The van der Waals surface area contributed by atoms with E-state index in [2.05, 4.69) is 11.0 Å². The lowest BCUT2D eigenvalue weighted by Gasteiger charge is -2.25. The van der Waals surface area contributed by atoms with Crippen molar-refractivity contribution in [2.45, 2.75) is 25.8 Å². The minimum absolute atomic E-state index is 0.170. The van der Waals surface area contributed by atoms with Crippen LogP contribution in [0.3, 0.4) is 0 Å². The first-order valence-corrected chi connectivity index (χ1v) is 8.41. The van der Waals surface area contributed by atoms with Crippen LogP contribution in [0.1, 0.15) is 17.5 Å². The Morgan fingerprint density at radius 2 is 1.92 bits per heavy atom. The van der Waals surface area contributed by atoms with Gasteiger partial charge in [-0.3, -0.25) is 9.59 Å². The van der Waals surface area contributed by atoms with E-state index in [0.717, 1.165) is 24.2 Å². The quantitative estimate of drug-likeness (QED) is 0.787. The Hall–Kier alpha value is -2.33. The zero-order valence-electron chi connectivity index (χ0n) is 13.3. The van der Waals surface area contributed by atoms with Crippen molar-refractivity contribution in [3.05, 3.63) is 58.6 Å². The molecule has 2 aromatic carbocycles. The van der Waals surface area contributed by atoms with Crippen molar-refractivity contribution in [1.82, 2.24) is 0 Å². The summed E-state index contributed by atoms with van der Waals surface area (Å²) in [6, 6.07) is 12.9. The van der Waals surface area contributed by atoms with Crippen molar-refractivity contribution in [3.8, 4) is 0 Å². The summed E-state index contributed by atoms with van der Waals surface area (Å²) in [6.45, 7) is 2.66. The molecule has 2 aliphatic heterocycles. The molecular weight excluding hydrogens is 324 g/mol. The molecule has 1 saturated heterocycles. The molecule has 4 rings (SSSR count). The maximum atomic E-state index is 12.9. The van der Waals surface area contributed by atoms with Gasteiger partial charge in [-0.05, 0) is 42.7 Å². The average molecular weight is 341 g/mol. The van der Waals surface area contributed by atoms with Crippen LogP contribution in [0.15, 0.2) is 42.5 Å². The molecule has 0 N–H and O–H groups in total. The van der Waals surface area contributed by atoms with Crippen LogP contribution in [0.2, 0.25) is 5.02 Å². The van der Waals surface area contributed by atoms with E-state index in [1.165, 1.54) is 10.5 Å². The number of anilines is 2. The van der Waals surface area contributed by atoms with Gasteiger partial charge in [0.05, 0.1) is 12.1 Å². The van der Waals surface area contributed by atoms with Gasteiger partial charge in [0, 0.05) is 17.3 Å². The monoisotopic (exact) mass is 340 g/mol. The summed E-state index contributed by atoms with van der Waals surface area (Å²) in [6.07, 6.45) is 1.11. The number of hydrogen-bond donors (Lipinski definition) is 0. The summed E-state index contributed by atoms with van der Waals surface area (Å²) in [5, 5.41) is 0.558. The van der Waals surface area contributed by atoms with Gasteiger partial charge in [0.1, 0.15) is 6.04 Å². The molecule has 122 valence electrons. The molecule has 0 aliphatic carbocycles. The number of halogens is 1. The van der Waals surface area contributed by atoms with Crippen LogP contribution in [0.25, 0.3) is 0 Å². The van der Waals surface area contributed by atoms with E-state index in [9.17, 15) is 9.59 Å². The van der Waals surface area contributed by atoms with Gasteiger partial charge in [-0.1, -0.05) is 35.9 Å². The lowest BCUT2D eigenvalue weighted by molar-refractivity contribution is -0.121. The van der Waals surface area contributed by atoms with Crippen LogP contribution < -0.4 is 9.80 Å². The van der Waals surface area contributed by atoms with Gasteiger partial charge in [-0.2, -0.15) is 0 Å². The van der Waals surface area contributed by atoms with Gasteiger partial charge in [-0.25, -0.2) is 4.90 Å². The van der Waals surface area contributed by atoms with E-state index in [0.29, 0.717) is 10.7 Å². The first kappa shape index (κ1) is 15.2. The van der Waals surface area contributed by atoms with Crippen LogP contribution in [0, 0.1) is 6.92 Å². The summed E-state index contributed by atoms with van der Waals surface area (Å²) in [5.41, 5.74) is 3.77. The number of carbonyl (C=O) groups excluding carboxylic acids is 2. The van der Waals surface area contributed by atoms with Crippen LogP contribution in [-0.2, 0) is 16.0 Å². The second-order valence-corrected chi connectivity index (χ2v) is 6.70. The molecule has 2 heterocycles. The van der Waals surface area contributed by atoms with Crippen molar-refractivity contribution in [3.63, 3.8) is 0 Å². The van der Waals surface area contributed by atoms with Crippen LogP contribution in [0.4, 0.5) is 11.4 Å². The van der Waals surface area contributed by atoms with E-state index in [1.807, 2.05) is 31.2 Å². The van der Waals surface area contributed by atoms with Crippen molar-refractivity contribution in [2.75, 3.05) is 16.3 Å². The van der Waals surface area contributed by atoms with Gasteiger partial charge in [0.15, 0.2) is 0 Å². The summed E-state index contributed by atoms with van der Waals surface area (Å²) in [7, 11) is 0. The number of benzene rings is 2. The van der Waals surface area contributed by atoms with Gasteiger partial charge < -0.3 is 4.90 Å². The highest BCUT2D eigenvalue weighted by Crippen LogP contribution is 2.35. The first-order valence-electron chi connectivity index (χ1n) is 8.04. The normalized spacial score (nSPS) is 20.0. The largest absolute Gasteiger partial charge is 0.359 e. The Morgan fingerprint density at radius 1 is 1.12 bits per heavy atom. The zero-order chi connectivity index (χ0) is 16.8. The van der Waals surface area contributed by atoms with E-state index < -0.39 is 6.04 Å². The van der Waals surface area contributed by atoms with Gasteiger partial charge in [0.25, 0.3) is 5.91 Å². The van der Waals surface area contributed by atoms with E-state index in [4.69, 9.17) is 11.6 Å².